The van der Waals surface area contributed by atoms with Crippen LogP contribution < -0.4 is 16.0 Å². The van der Waals surface area contributed by atoms with Crippen molar-refractivity contribution in [2.75, 3.05) is 5.32 Å². The Labute approximate surface area is 201 Å². The average Bonchev–Trinajstić information content (AvgIpc) is 2.74. The lowest BCUT2D eigenvalue weighted by molar-refractivity contribution is -0.121. The van der Waals surface area contributed by atoms with Crippen LogP contribution in [0.15, 0.2) is 84.9 Å². The number of hydrogen-bond donors (Lipinski definition) is 3. The molecule has 0 bridgehead atoms. The lowest BCUT2D eigenvalue weighted by Crippen LogP contribution is -2.56. The maximum atomic E-state index is 12.4. The predicted molar refractivity (Wildman–Crippen MR) is 134 cm³/mol. The number of carbonyl (C=O) groups is 1. The lowest BCUT2D eigenvalue weighted by atomic mass is 10.1. The Bertz CT molecular complexity index is 1010. The first-order valence-corrected chi connectivity index (χ1v) is 11.0. The average molecular weight is 493 g/mol. The van der Waals surface area contributed by atoms with Gasteiger partial charge in [-0.3, -0.25) is 4.79 Å². The Hall–Kier alpha value is -2.31. The van der Waals surface area contributed by atoms with Crippen LogP contribution in [-0.4, -0.2) is 21.0 Å². The van der Waals surface area contributed by atoms with Crippen molar-refractivity contribution in [1.82, 2.24) is 10.6 Å². The highest BCUT2D eigenvalue weighted by Crippen LogP contribution is 2.29. The molecule has 1 unspecified atom stereocenters. The highest BCUT2D eigenvalue weighted by atomic mass is 35.6. The summed E-state index contributed by atoms with van der Waals surface area (Å²) in [5, 5.41) is 8.79. The first-order valence-electron chi connectivity index (χ1n) is 9.44. The molecule has 3 aromatic rings. The summed E-state index contributed by atoms with van der Waals surface area (Å²) in [5.41, 5.74) is 3.81. The molecule has 0 aromatic heterocycles. The van der Waals surface area contributed by atoms with Crippen molar-refractivity contribution in [2.24, 2.45) is 0 Å². The second-order valence-electron chi connectivity index (χ2n) is 6.75. The van der Waals surface area contributed by atoms with Gasteiger partial charge in [0.25, 0.3) is 0 Å². The van der Waals surface area contributed by atoms with Gasteiger partial charge in [-0.15, -0.1) is 0 Å². The van der Waals surface area contributed by atoms with Gasteiger partial charge in [0.2, 0.25) is 9.70 Å². The summed E-state index contributed by atoms with van der Waals surface area (Å²) in [4.78, 5) is 12.4. The van der Waals surface area contributed by atoms with E-state index in [-0.39, 0.29) is 17.4 Å². The van der Waals surface area contributed by atoms with Crippen molar-refractivity contribution in [3.63, 3.8) is 0 Å². The van der Waals surface area contributed by atoms with Crippen molar-refractivity contribution >= 4 is 63.7 Å². The fraction of sp³-hybridized carbons (Fsp3) is 0.130. The number of halogens is 3. The van der Waals surface area contributed by atoms with Crippen LogP contribution in [0, 0.1) is 0 Å². The van der Waals surface area contributed by atoms with E-state index in [0.717, 1.165) is 22.4 Å². The van der Waals surface area contributed by atoms with Crippen LogP contribution in [0.2, 0.25) is 0 Å². The summed E-state index contributed by atoms with van der Waals surface area (Å²) < 4.78 is -1.81. The number of nitrogens with one attached hydrogen (secondary N) is 3. The van der Waals surface area contributed by atoms with E-state index in [1.807, 2.05) is 84.9 Å². The number of thiocarbonyl (C=S) groups is 1. The summed E-state index contributed by atoms with van der Waals surface area (Å²) in [6.45, 7) is 0. The molecule has 0 spiro atoms. The van der Waals surface area contributed by atoms with E-state index in [9.17, 15) is 4.79 Å². The third-order valence-electron chi connectivity index (χ3n) is 4.37. The Morgan fingerprint density at radius 1 is 0.806 bits per heavy atom. The van der Waals surface area contributed by atoms with Gasteiger partial charge in [0, 0.05) is 5.69 Å². The zero-order valence-electron chi connectivity index (χ0n) is 16.3. The van der Waals surface area contributed by atoms with Crippen LogP contribution in [0.3, 0.4) is 0 Å². The summed E-state index contributed by atoms with van der Waals surface area (Å²) in [6, 6.07) is 27.1. The van der Waals surface area contributed by atoms with Crippen molar-refractivity contribution in [2.45, 2.75) is 16.4 Å². The van der Waals surface area contributed by atoms with Gasteiger partial charge in [-0.05, 0) is 41.0 Å². The summed E-state index contributed by atoms with van der Waals surface area (Å²) in [6.07, 6.45) is -0.863. The highest BCUT2D eigenvalue weighted by molar-refractivity contribution is 7.80. The molecule has 4 nitrogen and oxygen atoms in total. The number of rotatable bonds is 6. The van der Waals surface area contributed by atoms with E-state index in [4.69, 9.17) is 47.0 Å². The predicted octanol–water partition coefficient (Wildman–Crippen LogP) is 5.70. The molecule has 3 N–H and O–H groups in total. The molecule has 8 heteroatoms. The van der Waals surface area contributed by atoms with E-state index in [1.165, 1.54) is 0 Å². The molecule has 3 aromatic carbocycles. The van der Waals surface area contributed by atoms with Gasteiger partial charge in [0.05, 0.1) is 6.42 Å². The molecule has 0 fully saturated rings. The Morgan fingerprint density at radius 3 is 1.94 bits per heavy atom. The number of hydrogen-bond acceptors (Lipinski definition) is 2. The van der Waals surface area contributed by atoms with E-state index in [2.05, 4.69) is 16.0 Å². The van der Waals surface area contributed by atoms with Crippen LogP contribution in [0.1, 0.15) is 5.56 Å². The summed E-state index contributed by atoms with van der Waals surface area (Å²) >= 11 is 23.5. The summed E-state index contributed by atoms with van der Waals surface area (Å²) in [7, 11) is 0. The normalized spacial score (nSPS) is 12.0. The molecule has 0 saturated heterocycles. The molecule has 3 rings (SSSR count). The molecular weight excluding hydrogens is 473 g/mol. The van der Waals surface area contributed by atoms with E-state index in [0.29, 0.717) is 0 Å². The number of alkyl halides is 3. The molecule has 0 aliphatic heterocycles. The van der Waals surface area contributed by atoms with Crippen molar-refractivity contribution in [1.29, 1.82) is 0 Å². The monoisotopic (exact) mass is 491 g/mol. The van der Waals surface area contributed by atoms with Gasteiger partial charge < -0.3 is 16.0 Å². The first kappa shape index (κ1) is 23.4. The Kier molecular flexibility index (Phi) is 8.15. The van der Waals surface area contributed by atoms with Gasteiger partial charge in [-0.2, -0.15) is 0 Å². The van der Waals surface area contributed by atoms with Crippen LogP contribution in [-0.2, 0) is 11.2 Å². The third kappa shape index (κ3) is 7.40. The van der Waals surface area contributed by atoms with E-state index < -0.39 is 9.96 Å². The first-order chi connectivity index (χ1) is 14.8. The highest BCUT2D eigenvalue weighted by Gasteiger charge is 2.34. The van der Waals surface area contributed by atoms with Crippen molar-refractivity contribution in [3.05, 3.63) is 90.5 Å². The zero-order chi connectivity index (χ0) is 22.3. The molecule has 0 saturated carbocycles. The van der Waals surface area contributed by atoms with Crippen molar-refractivity contribution in [3.8, 4) is 11.1 Å². The molecule has 160 valence electrons. The molecule has 1 amide bonds. The van der Waals surface area contributed by atoms with Crippen LogP contribution in [0.5, 0.6) is 0 Å². The van der Waals surface area contributed by atoms with Crippen molar-refractivity contribution < 1.29 is 4.79 Å². The topological polar surface area (TPSA) is 53.2 Å². The fourth-order valence-electron chi connectivity index (χ4n) is 2.87. The van der Waals surface area contributed by atoms with E-state index >= 15 is 0 Å². The standard InChI is InChI=1S/C23H20Cl3N3OS/c24-23(25,26)21(28-20(30)15-16-7-3-1-4-8-16)29-22(31)27-19-13-11-18(12-14-19)17-9-5-2-6-10-17/h1-14,21H,15H2,(H,28,30)(H2,27,29,31). The molecule has 31 heavy (non-hydrogen) atoms. The second kappa shape index (κ2) is 10.8. The minimum absolute atomic E-state index is 0.154. The van der Waals surface area contributed by atoms with Gasteiger partial charge >= 0.3 is 0 Å². The number of amides is 1. The quantitative estimate of drug-likeness (QED) is 0.235. The minimum Gasteiger partial charge on any atom is -0.339 e. The molecular formula is C23H20Cl3N3OS. The second-order valence-corrected chi connectivity index (χ2v) is 9.52. The maximum Gasteiger partial charge on any atom is 0.228 e. The molecule has 0 aliphatic carbocycles. The molecule has 0 radical (unpaired) electrons. The Morgan fingerprint density at radius 2 is 1.35 bits per heavy atom. The summed E-state index contributed by atoms with van der Waals surface area (Å²) in [5.74, 6) is -0.301. The number of benzene rings is 3. The fourth-order valence-corrected chi connectivity index (χ4v) is 3.43. The van der Waals surface area contributed by atoms with Gasteiger partial charge in [0.15, 0.2) is 5.11 Å². The molecule has 0 aliphatic rings. The maximum absolute atomic E-state index is 12.4. The largest absolute Gasteiger partial charge is 0.339 e. The van der Waals surface area contributed by atoms with Crippen LogP contribution >= 0.6 is 47.0 Å². The van der Waals surface area contributed by atoms with E-state index in [1.54, 1.807) is 0 Å². The molecule has 0 heterocycles. The number of carbonyl (C=O) groups excluding carboxylic acids is 1. The van der Waals surface area contributed by atoms with Gasteiger partial charge in [-0.1, -0.05) is 108 Å². The minimum atomic E-state index is -1.81. The zero-order valence-corrected chi connectivity index (χ0v) is 19.4. The van der Waals surface area contributed by atoms with Crippen LogP contribution in [0.25, 0.3) is 11.1 Å². The third-order valence-corrected chi connectivity index (χ3v) is 5.24. The van der Waals surface area contributed by atoms with Gasteiger partial charge in [-0.25, -0.2) is 0 Å². The number of anilines is 1. The van der Waals surface area contributed by atoms with Crippen LogP contribution in [0.4, 0.5) is 5.69 Å². The smallest absolute Gasteiger partial charge is 0.228 e. The lowest BCUT2D eigenvalue weighted by Gasteiger charge is -2.27. The van der Waals surface area contributed by atoms with Gasteiger partial charge in [0.1, 0.15) is 6.17 Å². The SMILES string of the molecule is O=C(Cc1ccccc1)NC(NC(=S)Nc1ccc(-c2ccccc2)cc1)C(Cl)(Cl)Cl. The molecule has 1 atom stereocenters. The Balaban J connectivity index is 1.59.